The highest BCUT2D eigenvalue weighted by atomic mass is 14.9. The van der Waals surface area contributed by atoms with Crippen LogP contribution in [0.5, 0.6) is 0 Å². The van der Waals surface area contributed by atoms with Gasteiger partial charge in [0.1, 0.15) is 0 Å². The Labute approximate surface area is 112 Å². The summed E-state index contributed by atoms with van der Waals surface area (Å²) in [5.74, 6) is 4.55. The van der Waals surface area contributed by atoms with Crippen LogP contribution in [0.15, 0.2) is 0 Å². The molecule has 0 N–H and O–H groups in total. The molecule has 0 aliphatic heterocycles. The van der Waals surface area contributed by atoms with Gasteiger partial charge >= 0.3 is 0 Å². The quantitative estimate of drug-likeness (QED) is 0.607. The fourth-order valence-corrected chi connectivity index (χ4v) is 8.49. The van der Waals surface area contributed by atoms with Gasteiger partial charge in [-0.1, -0.05) is 26.7 Å². The molecule has 5 rings (SSSR count). The first-order valence-corrected chi connectivity index (χ1v) is 8.72. The van der Waals surface area contributed by atoms with Crippen LogP contribution < -0.4 is 0 Å². The van der Waals surface area contributed by atoms with Crippen molar-refractivity contribution in [1.29, 1.82) is 0 Å². The Bertz CT molecular complexity index is 404. The molecule has 5 fully saturated rings. The van der Waals surface area contributed by atoms with Crippen molar-refractivity contribution < 1.29 is 0 Å². The smallest absolute Gasteiger partial charge is 0.0179 e. The van der Waals surface area contributed by atoms with E-state index in [-0.39, 0.29) is 0 Å². The lowest BCUT2D eigenvalue weighted by molar-refractivity contribution is -0.189. The van der Waals surface area contributed by atoms with Crippen LogP contribution in [0.1, 0.15) is 71.6 Å². The van der Waals surface area contributed by atoms with E-state index in [4.69, 9.17) is 0 Å². The molecule has 0 amide bonds. The van der Waals surface area contributed by atoms with Crippen molar-refractivity contribution in [2.45, 2.75) is 71.6 Å². The number of hydrogen-bond acceptors (Lipinski definition) is 0. The van der Waals surface area contributed by atoms with E-state index in [9.17, 15) is 0 Å². The predicted octanol–water partition coefficient (Wildman–Crippen LogP) is 5.03. The van der Waals surface area contributed by atoms with Gasteiger partial charge in [0.2, 0.25) is 0 Å². The summed E-state index contributed by atoms with van der Waals surface area (Å²) in [6.07, 6.45) is 14.3. The first kappa shape index (κ1) is 10.7. The molecule has 0 bridgehead atoms. The lowest BCUT2D eigenvalue weighted by Crippen LogP contribution is -2.60. The Morgan fingerprint density at radius 3 is 2.28 bits per heavy atom. The highest BCUT2D eigenvalue weighted by Crippen LogP contribution is 2.90. The molecule has 18 heavy (non-hydrogen) atoms. The minimum atomic E-state index is 0.833. The molecule has 100 valence electrons. The second-order valence-corrected chi connectivity index (χ2v) is 8.55. The summed E-state index contributed by atoms with van der Waals surface area (Å²) in [6, 6.07) is 0. The Hall–Kier alpha value is 0. The first-order valence-electron chi connectivity index (χ1n) is 8.72. The zero-order chi connectivity index (χ0) is 12.2. The molecule has 0 nitrogen and oxygen atoms in total. The van der Waals surface area contributed by atoms with Gasteiger partial charge in [-0.25, -0.2) is 0 Å². The number of hydrogen-bond donors (Lipinski definition) is 0. The van der Waals surface area contributed by atoms with Crippen molar-refractivity contribution in [3.63, 3.8) is 0 Å². The van der Waals surface area contributed by atoms with Crippen LogP contribution in [0.25, 0.3) is 0 Å². The maximum Gasteiger partial charge on any atom is -0.0179 e. The summed E-state index contributed by atoms with van der Waals surface area (Å²) in [6.45, 7) is 5.17. The van der Waals surface area contributed by atoms with Gasteiger partial charge in [-0.05, 0) is 84.9 Å². The molecule has 5 aliphatic rings. The van der Waals surface area contributed by atoms with Crippen molar-refractivity contribution in [1.82, 2.24) is 0 Å². The highest BCUT2D eigenvalue weighted by molar-refractivity contribution is 5.31. The Morgan fingerprint density at radius 2 is 1.89 bits per heavy atom. The summed E-state index contributed by atoms with van der Waals surface area (Å²) in [5, 5.41) is 0. The van der Waals surface area contributed by atoms with E-state index < -0.39 is 0 Å². The van der Waals surface area contributed by atoms with Crippen molar-refractivity contribution in [3.05, 3.63) is 0 Å². The Morgan fingerprint density at radius 1 is 1.06 bits per heavy atom. The van der Waals surface area contributed by atoms with Crippen molar-refractivity contribution in [3.8, 4) is 0 Å². The fraction of sp³-hybridized carbons (Fsp3) is 1.00. The largest absolute Gasteiger partial charge is 0.0651 e. The van der Waals surface area contributed by atoms with Crippen LogP contribution in [0.2, 0.25) is 0 Å². The van der Waals surface area contributed by atoms with E-state index in [2.05, 4.69) is 13.8 Å². The normalized spacial score (nSPS) is 62.3. The number of fused-ring (bicyclic) bond motifs is 2. The summed E-state index contributed by atoms with van der Waals surface area (Å²) in [5.41, 5.74) is 2.58. The minimum Gasteiger partial charge on any atom is -0.0651 e. The monoisotopic (exact) mass is 244 g/mol. The summed E-state index contributed by atoms with van der Waals surface area (Å²) in [4.78, 5) is 0. The van der Waals surface area contributed by atoms with E-state index in [1.807, 2.05) is 0 Å². The fourth-order valence-electron chi connectivity index (χ4n) is 8.49. The van der Waals surface area contributed by atoms with Crippen molar-refractivity contribution in [2.24, 2.45) is 39.9 Å². The molecular formula is C18H28. The zero-order valence-corrected chi connectivity index (χ0v) is 12.2. The second-order valence-electron chi connectivity index (χ2n) is 8.55. The van der Waals surface area contributed by atoms with Crippen LogP contribution in [-0.4, -0.2) is 0 Å². The molecule has 0 heteroatoms. The van der Waals surface area contributed by atoms with Gasteiger partial charge in [-0.3, -0.25) is 0 Å². The van der Waals surface area contributed by atoms with Crippen LogP contribution in [0, 0.1) is 39.9 Å². The van der Waals surface area contributed by atoms with Gasteiger partial charge in [0.15, 0.2) is 0 Å². The van der Waals surface area contributed by atoms with Gasteiger partial charge in [0.25, 0.3) is 0 Å². The summed E-state index contributed by atoms with van der Waals surface area (Å²) in [7, 11) is 0. The predicted molar refractivity (Wildman–Crippen MR) is 74.2 cm³/mol. The highest BCUT2D eigenvalue weighted by Gasteiger charge is 2.83. The molecule has 0 aromatic heterocycles. The van der Waals surface area contributed by atoms with E-state index in [1.165, 1.54) is 18.3 Å². The maximum absolute atomic E-state index is 2.70. The van der Waals surface area contributed by atoms with Crippen molar-refractivity contribution in [2.75, 3.05) is 0 Å². The zero-order valence-electron chi connectivity index (χ0n) is 12.2. The van der Waals surface area contributed by atoms with Gasteiger partial charge in [0.05, 0.1) is 0 Å². The average molecular weight is 244 g/mol. The van der Waals surface area contributed by atoms with Crippen LogP contribution >= 0.6 is 0 Å². The molecule has 5 aliphatic carbocycles. The third-order valence-corrected chi connectivity index (χ3v) is 9.40. The molecule has 0 aromatic carbocycles. The maximum atomic E-state index is 2.70. The molecule has 0 radical (unpaired) electrons. The minimum absolute atomic E-state index is 0.833. The number of rotatable bonds is 1. The molecular weight excluding hydrogens is 216 g/mol. The topological polar surface area (TPSA) is 0 Å². The SMILES string of the molecule is CCC1CCC12C(C)C13CCC1CC3C21CCC1. The third-order valence-electron chi connectivity index (χ3n) is 9.40. The van der Waals surface area contributed by atoms with Crippen LogP contribution in [0.4, 0.5) is 0 Å². The summed E-state index contributed by atoms with van der Waals surface area (Å²) >= 11 is 0. The Balaban J connectivity index is 1.65. The molecule has 5 saturated carbocycles. The lowest BCUT2D eigenvalue weighted by atomic mass is 9.37. The van der Waals surface area contributed by atoms with Crippen LogP contribution in [0.3, 0.4) is 0 Å². The molecule has 3 spiro atoms. The molecule has 0 saturated heterocycles. The third kappa shape index (κ3) is 0.714. The van der Waals surface area contributed by atoms with Gasteiger partial charge in [-0.2, -0.15) is 0 Å². The van der Waals surface area contributed by atoms with Crippen LogP contribution in [-0.2, 0) is 0 Å². The lowest BCUT2D eigenvalue weighted by Gasteiger charge is -2.68. The molecule has 0 heterocycles. The van der Waals surface area contributed by atoms with E-state index >= 15 is 0 Å². The average Bonchev–Trinajstić information content (AvgIpc) is 2.47. The second kappa shape index (κ2) is 2.86. The van der Waals surface area contributed by atoms with E-state index in [0.717, 1.165) is 28.1 Å². The molecule has 0 aromatic rings. The van der Waals surface area contributed by atoms with E-state index in [0.29, 0.717) is 0 Å². The standard InChI is InChI=1S/C18H28/c1-3-13-6-10-18(13)12(2)17-9-5-14(17)11-15(17)16(18)7-4-8-16/h12-15H,3-11H2,1-2H3. The van der Waals surface area contributed by atoms with Gasteiger partial charge in [0, 0.05) is 0 Å². The van der Waals surface area contributed by atoms with E-state index in [1.54, 1.807) is 51.4 Å². The van der Waals surface area contributed by atoms with Gasteiger partial charge < -0.3 is 0 Å². The molecule has 6 unspecified atom stereocenters. The summed E-state index contributed by atoms with van der Waals surface area (Å²) < 4.78 is 0. The van der Waals surface area contributed by atoms with Crippen molar-refractivity contribution >= 4 is 0 Å². The Kier molecular flexibility index (Phi) is 1.71. The molecule has 6 atom stereocenters. The first-order chi connectivity index (χ1) is 8.72. The van der Waals surface area contributed by atoms with Gasteiger partial charge in [-0.15, -0.1) is 0 Å².